The van der Waals surface area contributed by atoms with Gasteiger partial charge in [0.2, 0.25) is 0 Å². The first kappa shape index (κ1) is 11.6. The first-order valence-corrected chi connectivity index (χ1v) is 5.65. The van der Waals surface area contributed by atoms with Crippen LogP contribution in [0.5, 0.6) is 0 Å². The van der Waals surface area contributed by atoms with Crippen molar-refractivity contribution in [1.82, 2.24) is 0 Å². The summed E-state index contributed by atoms with van der Waals surface area (Å²) >= 11 is 0. The molecule has 0 aliphatic carbocycles. The molecule has 1 heteroatoms. The van der Waals surface area contributed by atoms with E-state index >= 15 is 0 Å². The van der Waals surface area contributed by atoms with Gasteiger partial charge in [0.05, 0.1) is 0 Å². The van der Waals surface area contributed by atoms with Crippen molar-refractivity contribution in [3.05, 3.63) is 78.4 Å². The van der Waals surface area contributed by atoms with Crippen LogP contribution in [0.3, 0.4) is 0 Å². The van der Waals surface area contributed by atoms with E-state index in [4.69, 9.17) is 4.74 Å². The van der Waals surface area contributed by atoms with E-state index in [2.05, 4.69) is 30.8 Å². The Hall–Kier alpha value is -1.86. The summed E-state index contributed by atoms with van der Waals surface area (Å²) in [6, 6.07) is 20.3. The third-order valence-electron chi connectivity index (χ3n) is 2.80. The van der Waals surface area contributed by atoms with Gasteiger partial charge in [0.1, 0.15) is 6.10 Å². The molecule has 86 valence electrons. The number of benzene rings is 2. The monoisotopic (exact) mass is 224 g/mol. The van der Waals surface area contributed by atoms with E-state index < -0.39 is 0 Å². The van der Waals surface area contributed by atoms with E-state index in [9.17, 15) is 0 Å². The van der Waals surface area contributed by atoms with E-state index in [1.54, 1.807) is 7.11 Å². The maximum Gasteiger partial charge on any atom is 0.107 e. The fraction of sp³-hybridized carbons (Fsp3) is 0.125. The molecule has 17 heavy (non-hydrogen) atoms. The summed E-state index contributed by atoms with van der Waals surface area (Å²) in [4.78, 5) is 0. The Morgan fingerprint density at radius 2 is 1.47 bits per heavy atom. The topological polar surface area (TPSA) is 9.23 Å². The molecule has 0 aliphatic rings. The Morgan fingerprint density at radius 1 is 0.941 bits per heavy atom. The van der Waals surface area contributed by atoms with Gasteiger partial charge in [-0.15, -0.1) is 0 Å². The predicted molar refractivity (Wildman–Crippen MR) is 71.7 cm³/mol. The standard InChI is InChI=1S/C16H16O/c1-13(14-9-5-3-6-10-14)16(17-2)15-11-7-4-8-12-15/h3-12,16H,1H2,2H3. The summed E-state index contributed by atoms with van der Waals surface area (Å²) < 4.78 is 5.55. The molecule has 0 amide bonds. The minimum Gasteiger partial charge on any atom is -0.372 e. The van der Waals surface area contributed by atoms with Crippen molar-refractivity contribution in [3.8, 4) is 0 Å². The number of hydrogen-bond donors (Lipinski definition) is 0. The van der Waals surface area contributed by atoms with Gasteiger partial charge in [-0.25, -0.2) is 0 Å². The molecule has 0 aromatic heterocycles. The molecule has 0 spiro atoms. The number of rotatable bonds is 4. The Balaban J connectivity index is 2.29. The van der Waals surface area contributed by atoms with Crippen molar-refractivity contribution in [2.45, 2.75) is 6.10 Å². The predicted octanol–water partition coefficient (Wildman–Crippen LogP) is 4.09. The second-order valence-corrected chi connectivity index (χ2v) is 3.92. The second-order valence-electron chi connectivity index (χ2n) is 3.92. The third-order valence-corrected chi connectivity index (χ3v) is 2.80. The second kappa shape index (κ2) is 5.46. The lowest BCUT2D eigenvalue weighted by atomic mass is 9.96. The highest BCUT2D eigenvalue weighted by Crippen LogP contribution is 2.30. The summed E-state index contributed by atoms with van der Waals surface area (Å²) in [6.45, 7) is 4.15. The van der Waals surface area contributed by atoms with E-state index in [0.29, 0.717) is 0 Å². The summed E-state index contributed by atoms with van der Waals surface area (Å²) in [5.41, 5.74) is 3.23. The Kier molecular flexibility index (Phi) is 3.73. The van der Waals surface area contributed by atoms with Gasteiger partial charge >= 0.3 is 0 Å². The van der Waals surface area contributed by atoms with Crippen LogP contribution in [0.4, 0.5) is 0 Å². The van der Waals surface area contributed by atoms with E-state index in [1.165, 1.54) is 0 Å². The summed E-state index contributed by atoms with van der Waals surface area (Å²) in [6.07, 6.45) is -0.0846. The minimum absolute atomic E-state index is 0.0846. The van der Waals surface area contributed by atoms with Crippen molar-refractivity contribution < 1.29 is 4.74 Å². The Bertz CT molecular complexity index is 473. The highest BCUT2D eigenvalue weighted by atomic mass is 16.5. The molecule has 0 aliphatic heterocycles. The van der Waals surface area contributed by atoms with Crippen LogP contribution in [0, 0.1) is 0 Å². The lowest BCUT2D eigenvalue weighted by Gasteiger charge is -2.18. The lowest BCUT2D eigenvalue weighted by Crippen LogP contribution is -2.03. The van der Waals surface area contributed by atoms with Crippen LogP contribution < -0.4 is 0 Å². The maximum atomic E-state index is 5.55. The molecule has 2 aromatic rings. The van der Waals surface area contributed by atoms with Gasteiger partial charge in [-0.3, -0.25) is 0 Å². The lowest BCUT2D eigenvalue weighted by molar-refractivity contribution is 0.151. The number of methoxy groups -OCH3 is 1. The molecule has 0 fully saturated rings. The quantitative estimate of drug-likeness (QED) is 0.760. The molecule has 0 radical (unpaired) electrons. The molecule has 0 saturated heterocycles. The average molecular weight is 224 g/mol. The van der Waals surface area contributed by atoms with Crippen LogP contribution in [0.2, 0.25) is 0 Å². The number of hydrogen-bond acceptors (Lipinski definition) is 1. The van der Waals surface area contributed by atoms with Gasteiger partial charge in [-0.2, -0.15) is 0 Å². The van der Waals surface area contributed by atoms with E-state index in [0.717, 1.165) is 16.7 Å². The molecular formula is C16H16O. The van der Waals surface area contributed by atoms with Crippen LogP contribution in [-0.4, -0.2) is 7.11 Å². The molecule has 0 saturated carbocycles. The molecule has 0 heterocycles. The zero-order valence-electron chi connectivity index (χ0n) is 9.97. The molecular weight excluding hydrogens is 208 g/mol. The van der Waals surface area contributed by atoms with E-state index in [1.807, 2.05) is 36.4 Å². The smallest absolute Gasteiger partial charge is 0.107 e. The van der Waals surface area contributed by atoms with Crippen molar-refractivity contribution in [2.24, 2.45) is 0 Å². The molecule has 2 rings (SSSR count). The van der Waals surface area contributed by atoms with Gasteiger partial charge in [0.15, 0.2) is 0 Å². The van der Waals surface area contributed by atoms with Crippen LogP contribution in [0.15, 0.2) is 67.2 Å². The largest absolute Gasteiger partial charge is 0.372 e. The highest BCUT2D eigenvalue weighted by molar-refractivity contribution is 5.68. The molecule has 2 aromatic carbocycles. The van der Waals surface area contributed by atoms with Crippen molar-refractivity contribution in [1.29, 1.82) is 0 Å². The summed E-state index contributed by atoms with van der Waals surface area (Å²) in [7, 11) is 1.71. The molecule has 0 N–H and O–H groups in total. The van der Waals surface area contributed by atoms with E-state index in [-0.39, 0.29) is 6.10 Å². The average Bonchev–Trinajstić information content (AvgIpc) is 2.42. The Labute approximate surface area is 102 Å². The fourth-order valence-corrected chi connectivity index (χ4v) is 1.91. The first-order chi connectivity index (χ1) is 8.33. The van der Waals surface area contributed by atoms with Gasteiger partial charge in [-0.1, -0.05) is 67.2 Å². The summed E-state index contributed by atoms with van der Waals surface area (Å²) in [5.74, 6) is 0. The number of ether oxygens (including phenoxy) is 1. The van der Waals surface area contributed by atoms with Crippen LogP contribution >= 0.6 is 0 Å². The van der Waals surface area contributed by atoms with Crippen LogP contribution in [0.25, 0.3) is 5.57 Å². The minimum atomic E-state index is -0.0846. The van der Waals surface area contributed by atoms with Gasteiger partial charge < -0.3 is 4.74 Å². The normalized spacial score (nSPS) is 12.1. The summed E-state index contributed by atoms with van der Waals surface area (Å²) in [5, 5.41) is 0. The fourth-order valence-electron chi connectivity index (χ4n) is 1.91. The molecule has 1 nitrogen and oxygen atoms in total. The molecule has 1 atom stereocenters. The van der Waals surface area contributed by atoms with Gasteiger partial charge in [0, 0.05) is 7.11 Å². The van der Waals surface area contributed by atoms with Crippen molar-refractivity contribution in [2.75, 3.05) is 7.11 Å². The third kappa shape index (κ3) is 2.63. The Morgan fingerprint density at radius 3 is 2.00 bits per heavy atom. The van der Waals surface area contributed by atoms with Gasteiger partial charge in [-0.05, 0) is 16.7 Å². The first-order valence-electron chi connectivity index (χ1n) is 5.65. The SMILES string of the molecule is C=C(c1ccccc1)C(OC)c1ccccc1. The highest BCUT2D eigenvalue weighted by Gasteiger charge is 2.14. The van der Waals surface area contributed by atoms with Crippen molar-refractivity contribution in [3.63, 3.8) is 0 Å². The maximum absolute atomic E-state index is 5.55. The molecule has 0 bridgehead atoms. The van der Waals surface area contributed by atoms with Crippen LogP contribution in [-0.2, 0) is 4.74 Å². The zero-order valence-corrected chi connectivity index (χ0v) is 9.97. The zero-order chi connectivity index (χ0) is 12.1. The van der Waals surface area contributed by atoms with Crippen molar-refractivity contribution >= 4 is 5.57 Å². The van der Waals surface area contributed by atoms with Gasteiger partial charge in [0.25, 0.3) is 0 Å². The molecule has 1 unspecified atom stereocenters. The van der Waals surface area contributed by atoms with Crippen LogP contribution in [0.1, 0.15) is 17.2 Å².